The van der Waals surface area contributed by atoms with Gasteiger partial charge < -0.3 is 5.32 Å². The van der Waals surface area contributed by atoms with Crippen molar-refractivity contribution < 1.29 is 0 Å². The lowest BCUT2D eigenvalue weighted by atomic mass is 9.80. The standard InChI is InChI=1S/C15H22BrN/c1-5-10-8-12(16)9-11-6-7-13(15(2,3)4)17-14(10)11/h8-9,13,17H,5-7H2,1-4H3. The summed E-state index contributed by atoms with van der Waals surface area (Å²) < 4.78 is 1.21. The van der Waals surface area contributed by atoms with Crippen LogP contribution < -0.4 is 5.32 Å². The maximum absolute atomic E-state index is 3.76. The average molecular weight is 296 g/mol. The normalized spacial score (nSPS) is 19.7. The fraction of sp³-hybridized carbons (Fsp3) is 0.600. The SMILES string of the molecule is CCc1cc(Br)cc2c1NC(C(C)(C)C)CC2. The van der Waals surface area contributed by atoms with Gasteiger partial charge in [0.1, 0.15) is 0 Å². The van der Waals surface area contributed by atoms with Crippen molar-refractivity contribution in [1.82, 2.24) is 0 Å². The van der Waals surface area contributed by atoms with Gasteiger partial charge in [0.25, 0.3) is 0 Å². The third-order valence-corrected chi connectivity index (χ3v) is 4.17. The number of nitrogens with one attached hydrogen (secondary N) is 1. The molecule has 1 N–H and O–H groups in total. The average Bonchev–Trinajstić information content (AvgIpc) is 2.25. The van der Waals surface area contributed by atoms with Crippen LogP contribution in [0.4, 0.5) is 5.69 Å². The highest BCUT2D eigenvalue weighted by Crippen LogP contribution is 2.36. The number of hydrogen-bond donors (Lipinski definition) is 1. The number of aryl methyl sites for hydroxylation is 2. The summed E-state index contributed by atoms with van der Waals surface area (Å²) in [5.74, 6) is 0. The summed E-state index contributed by atoms with van der Waals surface area (Å²) in [6.07, 6.45) is 3.51. The maximum atomic E-state index is 3.76. The van der Waals surface area contributed by atoms with Gasteiger partial charge in [0.2, 0.25) is 0 Å². The Bertz CT molecular complexity index is 400. The Morgan fingerprint density at radius 2 is 2.06 bits per heavy atom. The van der Waals surface area contributed by atoms with Crippen molar-refractivity contribution in [2.75, 3.05) is 5.32 Å². The van der Waals surface area contributed by atoms with Crippen molar-refractivity contribution in [3.8, 4) is 0 Å². The van der Waals surface area contributed by atoms with Gasteiger partial charge in [0, 0.05) is 16.2 Å². The van der Waals surface area contributed by atoms with E-state index in [1.807, 2.05) is 0 Å². The van der Waals surface area contributed by atoms with E-state index in [1.165, 1.54) is 34.1 Å². The van der Waals surface area contributed by atoms with Crippen LogP contribution in [-0.2, 0) is 12.8 Å². The Hall–Kier alpha value is -0.500. The topological polar surface area (TPSA) is 12.0 Å². The van der Waals surface area contributed by atoms with E-state index < -0.39 is 0 Å². The predicted octanol–water partition coefficient (Wildman–Crippen LogP) is 4.78. The van der Waals surface area contributed by atoms with Crippen molar-refractivity contribution in [2.45, 2.75) is 53.0 Å². The molecular formula is C15H22BrN. The molecule has 1 unspecified atom stereocenters. The van der Waals surface area contributed by atoms with Crippen LogP contribution in [0.1, 0.15) is 45.2 Å². The van der Waals surface area contributed by atoms with Crippen LogP contribution in [0.2, 0.25) is 0 Å². The lowest BCUT2D eigenvalue weighted by Gasteiger charge is -2.37. The second-order valence-electron chi connectivity index (χ2n) is 6.05. The first-order valence-electron chi connectivity index (χ1n) is 6.49. The molecule has 1 aliphatic rings. The van der Waals surface area contributed by atoms with E-state index in [0.29, 0.717) is 11.5 Å². The molecule has 1 atom stereocenters. The molecule has 1 heterocycles. The fourth-order valence-electron chi connectivity index (χ4n) is 2.58. The summed E-state index contributed by atoms with van der Waals surface area (Å²) in [5, 5.41) is 3.76. The van der Waals surface area contributed by atoms with Crippen LogP contribution in [0.15, 0.2) is 16.6 Å². The van der Waals surface area contributed by atoms with Gasteiger partial charge in [0.15, 0.2) is 0 Å². The molecule has 0 saturated heterocycles. The van der Waals surface area contributed by atoms with Crippen LogP contribution >= 0.6 is 15.9 Å². The van der Waals surface area contributed by atoms with E-state index in [1.54, 1.807) is 0 Å². The van der Waals surface area contributed by atoms with Crippen LogP contribution in [0.3, 0.4) is 0 Å². The van der Waals surface area contributed by atoms with E-state index in [-0.39, 0.29) is 0 Å². The first kappa shape index (κ1) is 12.9. The van der Waals surface area contributed by atoms with Crippen molar-refractivity contribution >= 4 is 21.6 Å². The zero-order valence-electron chi connectivity index (χ0n) is 11.2. The van der Waals surface area contributed by atoms with Gasteiger partial charge in [-0.3, -0.25) is 0 Å². The van der Waals surface area contributed by atoms with Crippen LogP contribution in [0.25, 0.3) is 0 Å². The third kappa shape index (κ3) is 2.67. The number of halogens is 1. The van der Waals surface area contributed by atoms with Gasteiger partial charge >= 0.3 is 0 Å². The summed E-state index contributed by atoms with van der Waals surface area (Å²) in [6.45, 7) is 9.19. The molecule has 1 nitrogen and oxygen atoms in total. The zero-order chi connectivity index (χ0) is 12.6. The number of benzene rings is 1. The first-order chi connectivity index (χ1) is 7.91. The first-order valence-corrected chi connectivity index (χ1v) is 7.29. The van der Waals surface area contributed by atoms with Crippen LogP contribution in [0.5, 0.6) is 0 Å². The summed E-state index contributed by atoms with van der Waals surface area (Å²) in [4.78, 5) is 0. The van der Waals surface area contributed by atoms with Gasteiger partial charge in [0.05, 0.1) is 0 Å². The second kappa shape index (κ2) is 4.64. The lowest BCUT2D eigenvalue weighted by molar-refractivity contribution is 0.320. The highest BCUT2D eigenvalue weighted by atomic mass is 79.9. The van der Waals surface area contributed by atoms with E-state index >= 15 is 0 Å². The molecule has 1 aromatic rings. The highest BCUT2D eigenvalue weighted by Gasteiger charge is 2.29. The van der Waals surface area contributed by atoms with Crippen molar-refractivity contribution in [1.29, 1.82) is 0 Å². The molecule has 1 aliphatic heterocycles. The number of rotatable bonds is 1. The van der Waals surface area contributed by atoms with Gasteiger partial charge in [-0.2, -0.15) is 0 Å². The predicted molar refractivity (Wildman–Crippen MR) is 78.7 cm³/mol. The van der Waals surface area contributed by atoms with E-state index in [4.69, 9.17) is 0 Å². The van der Waals surface area contributed by atoms with E-state index in [0.717, 1.165) is 6.42 Å². The minimum atomic E-state index is 0.329. The Morgan fingerprint density at radius 3 is 2.65 bits per heavy atom. The summed E-state index contributed by atoms with van der Waals surface area (Å²) in [5.41, 5.74) is 4.62. The molecule has 94 valence electrons. The van der Waals surface area contributed by atoms with Gasteiger partial charge in [-0.1, -0.05) is 43.6 Å². The third-order valence-electron chi connectivity index (χ3n) is 3.71. The molecule has 0 amide bonds. The second-order valence-corrected chi connectivity index (χ2v) is 6.97. The number of fused-ring (bicyclic) bond motifs is 1. The minimum Gasteiger partial charge on any atom is -0.381 e. The monoisotopic (exact) mass is 295 g/mol. The smallest absolute Gasteiger partial charge is 0.0408 e. The molecule has 1 aromatic carbocycles. The molecule has 0 radical (unpaired) electrons. The molecule has 0 spiro atoms. The molecule has 0 aliphatic carbocycles. The molecule has 0 fully saturated rings. The fourth-order valence-corrected chi connectivity index (χ4v) is 3.13. The summed E-state index contributed by atoms with van der Waals surface area (Å²) in [6, 6.07) is 5.10. The summed E-state index contributed by atoms with van der Waals surface area (Å²) >= 11 is 3.61. The molecule has 0 saturated carbocycles. The van der Waals surface area contributed by atoms with Crippen LogP contribution in [0, 0.1) is 5.41 Å². The maximum Gasteiger partial charge on any atom is 0.0408 e. The molecule has 17 heavy (non-hydrogen) atoms. The van der Waals surface area contributed by atoms with Gasteiger partial charge in [-0.25, -0.2) is 0 Å². The Morgan fingerprint density at radius 1 is 1.35 bits per heavy atom. The Labute approximate surface area is 113 Å². The molecule has 2 heteroatoms. The molecule has 0 aromatic heterocycles. The van der Waals surface area contributed by atoms with E-state index in [2.05, 4.69) is 61.1 Å². The zero-order valence-corrected chi connectivity index (χ0v) is 12.8. The molecular weight excluding hydrogens is 274 g/mol. The highest BCUT2D eigenvalue weighted by molar-refractivity contribution is 9.10. The number of anilines is 1. The Balaban J connectivity index is 2.37. The van der Waals surface area contributed by atoms with Crippen molar-refractivity contribution in [3.63, 3.8) is 0 Å². The van der Waals surface area contributed by atoms with Crippen LogP contribution in [-0.4, -0.2) is 6.04 Å². The van der Waals surface area contributed by atoms with Gasteiger partial charge in [-0.15, -0.1) is 0 Å². The quantitative estimate of drug-likeness (QED) is 0.786. The minimum absolute atomic E-state index is 0.329. The van der Waals surface area contributed by atoms with Gasteiger partial charge in [-0.05, 0) is 47.9 Å². The summed E-state index contributed by atoms with van der Waals surface area (Å²) in [7, 11) is 0. The molecule has 0 bridgehead atoms. The molecule has 2 rings (SSSR count). The Kier molecular flexibility index (Phi) is 3.53. The number of hydrogen-bond acceptors (Lipinski definition) is 1. The van der Waals surface area contributed by atoms with Crippen molar-refractivity contribution in [3.05, 3.63) is 27.7 Å². The lowest BCUT2D eigenvalue weighted by Crippen LogP contribution is -2.37. The largest absolute Gasteiger partial charge is 0.381 e. The van der Waals surface area contributed by atoms with E-state index in [9.17, 15) is 0 Å². The van der Waals surface area contributed by atoms with Crippen molar-refractivity contribution in [2.24, 2.45) is 5.41 Å².